The lowest BCUT2D eigenvalue weighted by Crippen LogP contribution is -2.34. The minimum Gasteiger partial charge on any atom is -0.381 e. The van der Waals surface area contributed by atoms with Crippen LogP contribution in [0.5, 0.6) is 0 Å². The molecule has 3 nitrogen and oxygen atoms in total. The number of aryl methyl sites for hydroxylation is 3. The molecule has 0 atom stereocenters. The van der Waals surface area contributed by atoms with Gasteiger partial charge >= 0.3 is 0 Å². The molecule has 0 aromatic heterocycles. The second-order valence-corrected chi connectivity index (χ2v) is 7.74. The van der Waals surface area contributed by atoms with Crippen molar-refractivity contribution in [3.05, 3.63) is 34.4 Å². The van der Waals surface area contributed by atoms with Gasteiger partial charge in [0.2, 0.25) is 0 Å². The molecule has 2 fully saturated rings. The molecule has 1 aromatic carbocycles. The molecule has 1 aliphatic carbocycles. The van der Waals surface area contributed by atoms with Crippen molar-refractivity contribution >= 4 is 11.6 Å². The Morgan fingerprint density at radius 2 is 1.46 bits per heavy atom. The zero-order chi connectivity index (χ0) is 17.3. The number of carbonyl (C=O) groups is 2. The van der Waals surface area contributed by atoms with Crippen LogP contribution in [0.15, 0.2) is 12.1 Å². The number of ketones is 2. The van der Waals surface area contributed by atoms with Crippen molar-refractivity contribution in [2.75, 3.05) is 13.2 Å². The van der Waals surface area contributed by atoms with E-state index in [0.29, 0.717) is 18.8 Å². The van der Waals surface area contributed by atoms with E-state index in [1.54, 1.807) is 0 Å². The third kappa shape index (κ3) is 3.61. The van der Waals surface area contributed by atoms with Gasteiger partial charge in [0.05, 0.1) is 0 Å². The average Bonchev–Trinajstić information content (AvgIpc) is 2.50. The van der Waals surface area contributed by atoms with Gasteiger partial charge in [-0.25, -0.2) is 0 Å². The van der Waals surface area contributed by atoms with E-state index in [4.69, 9.17) is 4.74 Å². The molecular formula is C21H28O3. The number of carbonyl (C=O) groups excluding carboxylic acids is 2. The zero-order valence-corrected chi connectivity index (χ0v) is 15.1. The van der Waals surface area contributed by atoms with Gasteiger partial charge < -0.3 is 4.74 Å². The molecule has 0 amide bonds. The van der Waals surface area contributed by atoms with Crippen LogP contribution in [0.2, 0.25) is 0 Å². The van der Waals surface area contributed by atoms with Crippen LogP contribution in [0.25, 0.3) is 0 Å². The van der Waals surface area contributed by atoms with Gasteiger partial charge in [0.15, 0.2) is 0 Å². The van der Waals surface area contributed by atoms with Gasteiger partial charge in [-0.3, -0.25) is 9.59 Å². The second kappa shape index (κ2) is 7.18. The fourth-order valence-corrected chi connectivity index (χ4v) is 4.65. The Morgan fingerprint density at radius 3 is 2.00 bits per heavy atom. The molecule has 0 N–H and O–H groups in total. The molecule has 24 heavy (non-hydrogen) atoms. The van der Waals surface area contributed by atoms with E-state index in [0.717, 1.165) is 49.2 Å². The topological polar surface area (TPSA) is 43.4 Å². The summed E-state index contributed by atoms with van der Waals surface area (Å²) >= 11 is 0. The maximum Gasteiger partial charge on any atom is 0.148 e. The molecular weight excluding hydrogens is 300 g/mol. The summed E-state index contributed by atoms with van der Waals surface area (Å²) < 4.78 is 5.41. The van der Waals surface area contributed by atoms with Crippen molar-refractivity contribution in [1.29, 1.82) is 0 Å². The highest BCUT2D eigenvalue weighted by atomic mass is 16.5. The van der Waals surface area contributed by atoms with Crippen molar-refractivity contribution in [1.82, 2.24) is 0 Å². The zero-order valence-electron chi connectivity index (χ0n) is 15.1. The van der Waals surface area contributed by atoms with Gasteiger partial charge in [-0.2, -0.15) is 0 Å². The number of ether oxygens (including phenoxy) is 1. The summed E-state index contributed by atoms with van der Waals surface area (Å²) in [5.74, 6) is 0.562. The highest BCUT2D eigenvalue weighted by molar-refractivity contribution is 6.10. The number of hydrogen-bond donors (Lipinski definition) is 0. The van der Waals surface area contributed by atoms with Crippen molar-refractivity contribution in [3.8, 4) is 0 Å². The number of hydrogen-bond acceptors (Lipinski definition) is 3. The van der Waals surface area contributed by atoms with E-state index in [-0.39, 0.29) is 17.5 Å². The summed E-state index contributed by atoms with van der Waals surface area (Å²) in [5, 5.41) is 0. The predicted octanol–water partition coefficient (Wildman–Crippen LogP) is 4.06. The molecule has 1 saturated carbocycles. The fraction of sp³-hybridized carbons (Fsp3) is 0.619. The highest BCUT2D eigenvalue weighted by Crippen LogP contribution is 2.37. The van der Waals surface area contributed by atoms with Crippen LogP contribution >= 0.6 is 0 Å². The van der Waals surface area contributed by atoms with E-state index in [1.807, 2.05) is 13.8 Å². The summed E-state index contributed by atoms with van der Waals surface area (Å²) in [4.78, 5) is 25.6. The molecule has 1 aliphatic heterocycles. The molecule has 0 unspecified atom stereocenters. The summed E-state index contributed by atoms with van der Waals surface area (Å²) in [6.45, 7) is 7.74. The van der Waals surface area contributed by atoms with Gasteiger partial charge in [-0.1, -0.05) is 17.7 Å². The second-order valence-electron chi connectivity index (χ2n) is 7.74. The Balaban J connectivity index is 1.74. The van der Waals surface area contributed by atoms with Crippen LogP contribution in [0, 0.1) is 32.6 Å². The maximum absolute atomic E-state index is 12.8. The smallest absolute Gasteiger partial charge is 0.148 e. The molecule has 3 rings (SSSR count). The largest absolute Gasteiger partial charge is 0.381 e. The number of rotatable bonds is 3. The first-order valence-electron chi connectivity index (χ1n) is 9.16. The molecule has 0 spiro atoms. The Morgan fingerprint density at radius 1 is 0.917 bits per heavy atom. The normalized spacial score (nSPS) is 26.0. The van der Waals surface area contributed by atoms with E-state index < -0.39 is 5.92 Å². The molecule has 130 valence electrons. The Hall–Kier alpha value is -1.48. The van der Waals surface area contributed by atoms with Gasteiger partial charge in [0.25, 0.3) is 0 Å². The van der Waals surface area contributed by atoms with Gasteiger partial charge in [0.1, 0.15) is 17.5 Å². The van der Waals surface area contributed by atoms with Crippen LogP contribution < -0.4 is 0 Å². The SMILES string of the molecule is Cc1cc(C)c(C2C(=O)CC(CC3CCOCC3)CC2=O)c(C)c1. The lowest BCUT2D eigenvalue weighted by atomic mass is 9.71. The maximum atomic E-state index is 12.8. The molecule has 1 heterocycles. The lowest BCUT2D eigenvalue weighted by molar-refractivity contribution is -0.134. The first kappa shape index (κ1) is 17.3. The fourth-order valence-electron chi connectivity index (χ4n) is 4.65. The van der Waals surface area contributed by atoms with Crippen LogP contribution in [0.3, 0.4) is 0 Å². The molecule has 3 heteroatoms. The first-order valence-corrected chi connectivity index (χ1v) is 9.16. The monoisotopic (exact) mass is 328 g/mol. The predicted molar refractivity (Wildman–Crippen MR) is 94.3 cm³/mol. The minimum absolute atomic E-state index is 0.123. The molecule has 1 saturated heterocycles. The Labute approximate surface area is 144 Å². The van der Waals surface area contributed by atoms with Crippen molar-refractivity contribution in [2.45, 2.75) is 58.8 Å². The Bertz CT molecular complexity index is 599. The van der Waals surface area contributed by atoms with Crippen LogP contribution in [-0.2, 0) is 14.3 Å². The van der Waals surface area contributed by atoms with Gasteiger partial charge in [-0.15, -0.1) is 0 Å². The standard InChI is InChI=1S/C21H28O3/c1-13-8-14(2)20(15(3)9-13)21-18(22)11-17(12-19(21)23)10-16-4-6-24-7-5-16/h8-9,16-17,21H,4-7,10-12H2,1-3H3. The summed E-state index contributed by atoms with van der Waals surface area (Å²) in [7, 11) is 0. The van der Waals surface area contributed by atoms with Crippen LogP contribution in [0.4, 0.5) is 0 Å². The molecule has 1 aromatic rings. The average molecular weight is 328 g/mol. The minimum atomic E-state index is -0.531. The van der Waals surface area contributed by atoms with E-state index in [1.165, 1.54) is 5.56 Å². The van der Waals surface area contributed by atoms with Gasteiger partial charge in [0, 0.05) is 26.1 Å². The summed E-state index contributed by atoms with van der Waals surface area (Å²) in [5.41, 5.74) is 4.28. The van der Waals surface area contributed by atoms with Crippen LogP contribution in [0.1, 0.15) is 60.3 Å². The van der Waals surface area contributed by atoms with E-state index in [9.17, 15) is 9.59 Å². The van der Waals surface area contributed by atoms with Crippen molar-refractivity contribution in [2.24, 2.45) is 11.8 Å². The van der Waals surface area contributed by atoms with Gasteiger partial charge in [-0.05, 0) is 68.6 Å². The number of Topliss-reactive ketones (excluding diaryl/α,β-unsaturated/α-hetero) is 2. The lowest BCUT2D eigenvalue weighted by Gasteiger charge is -2.31. The highest BCUT2D eigenvalue weighted by Gasteiger charge is 2.38. The van der Waals surface area contributed by atoms with Crippen molar-refractivity contribution in [3.63, 3.8) is 0 Å². The number of benzene rings is 1. The quantitative estimate of drug-likeness (QED) is 0.786. The van der Waals surface area contributed by atoms with E-state index >= 15 is 0 Å². The molecule has 0 bridgehead atoms. The Kier molecular flexibility index (Phi) is 5.19. The van der Waals surface area contributed by atoms with Crippen molar-refractivity contribution < 1.29 is 14.3 Å². The summed E-state index contributed by atoms with van der Waals surface area (Å²) in [6.07, 6.45) is 4.25. The third-order valence-electron chi connectivity index (χ3n) is 5.66. The first-order chi connectivity index (χ1) is 11.5. The van der Waals surface area contributed by atoms with Crippen LogP contribution in [-0.4, -0.2) is 24.8 Å². The molecule has 2 aliphatic rings. The molecule has 0 radical (unpaired) electrons. The summed E-state index contributed by atoms with van der Waals surface area (Å²) in [6, 6.07) is 4.16. The van der Waals surface area contributed by atoms with E-state index in [2.05, 4.69) is 19.1 Å². The third-order valence-corrected chi connectivity index (χ3v) is 5.66.